The van der Waals surface area contributed by atoms with Gasteiger partial charge < -0.3 is 5.11 Å². The molecule has 1 aromatic carbocycles. The van der Waals surface area contributed by atoms with Crippen LogP contribution in [0.3, 0.4) is 0 Å². The minimum absolute atomic E-state index is 0.317. The number of aromatic nitrogens is 5. The zero-order valence-corrected chi connectivity index (χ0v) is 13.5. The first-order chi connectivity index (χ1) is 11.7. The van der Waals surface area contributed by atoms with Gasteiger partial charge in [0.1, 0.15) is 5.69 Å². The summed E-state index contributed by atoms with van der Waals surface area (Å²) in [5.74, 6) is 0.556. The quantitative estimate of drug-likeness (QED) is 0.704. The van der Waals surface area contributed by atoms with Crippen molar-refractivity contribution in [2.45, 2.75) is 19.2 Å². The molecule has 0 bridgehead atoms. The fourth-order valence-corrected chi connectivity index (χ4v) is 2.58. The van der Waals surface area contributed by atoms with Crippen LogP contribution in [0.5, 0.6) is 0 Å². The van der Waals surface area contributed by atoms with E-state index in [1.54, 1.807) is 10.9 Å². The summed E-state index contributed by atoms with van der Waals surface area (Å²) in [4.78, 5) is 6.32. The van der Waals surface area contributed by atoms with E-state index in [9.17, 15) is 5.11 Å². The Hall–Kier alpha value is -2.64. The van der Waals surface area contributed by atoms with Crippen molar-refractivity contribution in [1.82, 2.24) is 30.1 Å². The average Bonchev–Trinajstić information content (AvgIpc) is 3.04. The van der Waals surface area contributed by atoms with Crippen molar-refractivity contribution in [3.63, 3.8) is 0 Å². The molecule has 24 heavy (non-hydrogen) atoms. The van der Waals surface area contributed by atoms with Crippen molar-refractivity contribution >= 4 is 0 Å². The molecule has 0 aliphatic rings. The van der Waals surface area contributed by atoms with E-state index in [2.05, 4.69) is 37.5 Å². The smallest absolute Gasteiger partial charge is 0.200 e. The number of likely N-dealkylation sites (N-methyl/N-ethyl adjacent to an activating group) is 1. The molecule has 2 aromatic heterocycles. The lowest BCUT2D eigenvalue weighted by molar-refractivity contribution is 0.103. The highest BCUT2D eigenvalue weighted by Gasteiger charge is 2.15. The normalized spacial score (nSPS) is 12.5. The van der Waals surface area contributed by atoms with Gasteiger partial charge in [-0.15, -0.1) is 5.10 Å². The molecule has 2 heterocycles. The zero-order chi connectivity index (χ0) is 16.8. The largest absolute Gasteiger partial charge is 0.390 e. The monoisotopic (exact) mass is 324 g/mol. The number of hydrogen-bond donors (Lipinski definition) is 1. The summed E-state index contributed by atoms with van der Waals surface area (Å²) >= 11 is 0. The second-order valence-corrected chi connectivity index (χ2v) is 5.74. The molecule has 1 atom stereocenters. The Morgan fingerprint density at radius 2 is 1.92 bits per heavy atom. The molecule has 0 saturated carbocycles. The molecule has 124 valence electrons. The molecule has 0 amide bonds. The third-order valence-corrected chi connectivity index (χ3v) is 3.63. The first-order valence-electron chi connectivity index (χ1n) is 7.80. The molecule has 7 nitrogen and oxygen atoms in total. The van der Waals surface area contributed by atoms with Crippen molar-refractivity contribution in [3.05, 3.63) is 60.3 Å². The van der Waals surface area contributed by atoms with E-state index in [-0.39, 0.29) is 0 Å². The van der Waals surface area contributed by atoms with E-state index >= 15 is 0 Å². The molecule has 3 rings (SSSR count). The highest BCUT2D eigenvalue weighted by atomic mass is 16.3. The minimum atomic E-state index is -0.579. The lowest BCUT2D eigenvalue weighted by atomic mass is 10.2. The van der Waals surface area contributed by atoms with Crippen LogP contribution in [0.2, 0.25) is 0 Å². The van der Waals surface area contributed by atoms with Gasteiger partial charge in [-0.25, -0.2) is 4.68 Å². The Labute approximate surface area is 140 Å². The Kier molecular flexibility index (Phi) is 5.25. The van der Waals surface area contributed by atoms with Crippen molar-refractivity contribution < 1.29 is 5.11 Å². The molecule has 0 spiro atoms. The van der Waals surface area contributed by atoms with Crippen LogP contribution in [0.1, 0.15) is 5.56 Å². The van der Waals surface area contributed by atoms with E-state index in [1.165, 1.54) is 5.56 Å². The van der Waals surface area contributed by atoms with E-state index in [1.807, 2.05) is 43.4 Å². The summed E-state index contributed by atoms with van der Waals surface area (Å²) in [6.45, 7) is 1.62. The molecule has 0 aliphatic heterocycles. The zero-order valence-electron chi connectivity index (χ0n) is 13.5. The highest BCUT2D eigenvalue weighted by molar-refractivity contribution is 5.47. The van der Waals surface area contributed by atoms with Crippen LogP contribution in [-0.4, -0.2) is 54.9 Å². The SMILES string of the molecule is CN(Cc1ccccc1)CC(O)Cn1nnnc1-c1ccccn1. The van der Waals surface area contributed by atoms with Crippen LogP contribution in [0.25, 0.3) is 11.5 Å². The van der Waals surface area contributed by atoms with E-state index in [0.29, 0.717) is 24.6 Å². The molecule has 1 unspecified atom stereocenters. The van der Waals surface area contributed by atoms with E-state index in [0.717, 1.165) is 6.54 Å². The topological polar surface area (TPSA) is 80.0 Å². The number of nitrogens with zero attached hydrogens (tertiary/aromatic N) is 6. The van der Waals surface area contributed by atoms with Crippen LogP contribution in [0, 0.1) is 0 Å². The molecule has 0 fully saturated rings. The number of benzene rings is 1. The molecular weight excluding hydrogens is 304 g/mol. The van der Waals surface area contributed by atoms with Crippen LogP contribution in [-0.2, 0) is 13.1 Å². The lowest BCUT2D eigenvalue weighted by Crippen LogP contribution is -2.32. The number of aliphatic hydroxyl groups excluding tert-OH is 1. The maximum absolute atomic E-state index is 10.4. The van der Waals surface area contributed by atoms with Crippen LogP contribution < -0.4 is 0 Å². The summed E-state index contributed by atoms with van der Waals surface area (Å²) in [5, 5.41) is 22.0. The van der Waals surface area contributed by atoms with Gasteiger partial charge in [-0.1, -0.05) is 36.4 Å². The number of tetrazole rings is 1. The van der Waals surface area contributed by atoms with Gasteiger partial charge in [-0.3, -0.25) is 9.88 Å². The summed E-state index contributed by atoms with van der Waals surface area (Å²) in [7, 11) is 1.98. The number of pyridine rings is 1. The molecule has 0 aliphatic carbocycles. The average molecular weight is 324 g/mol. The predicted octanol–water partition coefficient (Wildman–Crippen LogP) is 1.23. The Bertz CT molecular complexity index is 746. The van der Waals surface area contributed by atoms with Gasteiger partial charge in [0.05, 0.1) is 12.6 Å². The minimum Gasteiger partial charge on any atom is -0.390 e. The predicted molar refractivity (Wildman–Crippen MR) is 89.8 cm³/mol. The summed E-state index contributed by atoms with van der Waals surface area (Å²) in [6, 6.07) is 15.7. The van der Waals surface area contributed by atoms with Crippen molar-refractivity contribution in [1.29, 1.82) is 0 Å². The summed E-state index contributed by atoms with van der Waals surface area (Å²) in [5.41, 5.74) is 1.90. The second-order valence-electron chi connectivity index (χ2n) is 5.74. The van der Waals surface area contributed by atoms with Gasteiger partial charge in [0.15, 0.2) is 0 Å². The molecule has 7 heteroatoms. The van der Waals surface area contributed by atoms with Gasteiger partial charge >= 0.3 is 0 Å². The first kappa shape index (κ1) is 16.2. The molecule has 1 N–H and O–H groups in total. The fraction of sp³-hybridized carbons (Fsp3) is 0.294. The van der Waals surface area contributed by atoms with Gasteiger partial charge in [0, 0.05) is 19.3 Å². The van der Waals surface area contributed by atoms with Crippen molar-refractivity contribution in [2.24, 2.45) is 0 Å². The van der Waals surface area contributed by atoms with Gasteiger partial charge in [-0.05, 0) is 35.2 Å². The van der Waals surface area contributed by atoms with E-state index < -0.39 is 6.10 Å². The van der Waals surface area contributed by atoms with Crippen LogP contribution >= 0.6 is 0 Å². The lowest BCUT2D eigenvalue weighted by Gasteiger charge is -2.20. The molecule has 0 saturated heterocycles. The molecule has 0 radical (unpaired) electrons. The van der Waals surface area contributed by atoms with E-state index in [4.69, 9.17) is 0 Å². The third kappa shape index (κ3) is 4.21. The van der Waals surface area contributed by atoms with Crippen molar-refractivity contribution in [2.75, 3.05) is 13.6 Å². The Morgan fingerprint density at radius 3 is 2.67 bits per heavy atom. The number of rotatable bonds is 7. The van der Waals surface area contributed by atoms with Gasteiger partial charge in [0.25, 0.3) is 0 Å². The third-order valence-electron chi connectivity index (χ3n) is 3.63. The van der Waals surface area contributed by atoms with Gasteiger partial charge in [0.2, 0.25) is 5.82 Å². The van der Waals surface area contributed by atoms with Gasteiger partial charge in [-0.2, -0.15) is 0 Å². The Balaban J connectivity index is 1.59. The standard InChI is InChI=1S/C17H20N6O/c1-22(11-14-7-3-2-4-8-14)12-15(24)13-23-17(19-20-21-23)16-9-5-6-10-18-16/h2-10,15,24H,11-13H2,1H3. The second kappa shape index (κ2) is 7.76. The maximum atomic E-state index is 10.4. The summed E-state index contributed by atoms with van der Waals surface area (Å²) < 4.78 is 1.59. The number of hydrogen-bond acceptors (Lipinski definition) is 6. The Morgan fingerprint density at radius 1 is 1.12 bits per heavy atom. The molecule has 3 aromatic rings. The van der Waals surface area contributed by atoms with Crippen LogP contribution in [0.4, 0.5) is 0 Å². The fourth-order valence-electron chi connectivity index (χ4n) is 2.58. The first-order valence-corrected chi connectivity index (χ1v) is 7.80. The number of aliphatic hydroxyl groups is 1. The summed E-state index contributed by atoms with van der Waals surface area (Å²) in [6.07, 6.45) is 1.11. The highest BCUT2D eigenvalue weighted by Crippen LogP contribution is 2.12. The van der Waals surface area contributed by atoms with Crippen molar-refractivity contribution in [3.8, 4) is 11.5 Å². The maximum Gasteiger partial charge on any atom is 0.200 e. The van der Waals surface area contributed by atoms with Crippen LogP contribution in [0.15, 0.2) is 54.7 Å². The molecular formula is C17H20N6O.